The number of anilines is 1. The zero-order valence-electron chi connectivity index (χ0n) is 12.2. The van der Waals surface area contributed by atoms with E-state index >= 15 is 0 Å². The molecule has 0 heterocycles. The molecule has 0 aliphatic rings. The maximum absolute atomic E-state index is 11.8. The van der Waals surface area contributed by atoms with Crippen molar-refractivity contribution in [3.63, 3.8) is 0 Å². The smallest absolute Gasteiger partial charge is 0.234 e. The predicted molar refractivity (Wildman–Crippen MR) is 91.0 cm³/mol. The summed E-state index contributed by atoms with van der Waals surface area (Å²) in [5, 5.41) is 5.22. The number of hydrogen-bond donors (Lipinski definition) is 3. The predicted octanol–water partition coefficient (Wildman–Crippen LogP) is 1.55. The van der Waals surface area contributed by atoms with Gasteiger partial charge in [0, 0.05) is 18.8 Å². The number of thioether (sulfide) groups is 1. The van der Waals surface area contributed by atoms with E-state index in [9.17, 15) is 9.59 Å². The fraction of sp³-hybridized carbons (Fsp3) is 0.429. The molecule has 1 aromatic rings. The normalized spacial score (nSPS) is 11.2. The van der Waals surface area contributed by atoms with E-state index in [1.165, 1.54) is 11.8 Å². The largest absolute Gasteiger partial charge is 0.354 e. The van der Waals surface area contributed by atoms with Crippen LogP contribution >= 0.6 is 24.2 Å². The molecule has 1 aromatic carbocycles. The Morgan fingerprint density at radius 1 is 1.29 bits per heavy atom. The van der Waals surface area contributed by atoms with Gasteiger partial charge in [0.25, 0.3) is 0 Å². The summed E-state index contributed by atoms with van der Waals surface area (Å²) >= 11 is 1.30. The van der Waals surface area contributed by atoms with Gasteiger partial charge in [0.2, 0.25) is 11.8 Å². The average Bonchev–Trinajstić information content (AvgIpc) is 2.44. The summed E-state index contributed by atoms with van der Waals surface area (Å²) in [6.07, 6.45) is 0. The van der Waals surface area contributed by atoms with Crippen LogP contribution in [0.15, 0.2) is 24.3 Å². The third kappa shape index (κ3) is 7.94. The molecule has 1 atom stereocenters. The second-order valence-corrected chi connectivity index (χ2v) is 5.78. The fourth-order valence-electron chi connectivity index (χ4n) is 1.45. The standard InChI is InChI=1S/C14H21N3O2S.ClH/c1-10-3-5-12(6-4-10)17-13(18)9-20-11(2)14(19)16-8-7-15;/h3-6,11H,7-9,15H2,1-2H3,(H,16,19)(H,17,18);1H. The molecule has 1 unspecified atom stereocenters. The molecular weight excluding hydrogens is 310 g/mol. The molecule has 0 saturated carbocycles. The van der Waals surface area contributed by atoms with E-state index in [-0.39, 0.29) is 35.2 Å². The van der Waals surface area contributed by atoms with Gasteiger partial charge in [0.1, 0.15) is 0 Å². The number of nitrogens with one attached hydrogen (secondary N) is 2. The van der Waals surface area contributed by atoms with E-state index in [1.54, 1.807) is 6.92 Å². The topological polar surface area (TPSA) is 84.2 Å². The molecule has 0 fully saturated rings. The maximum Gasteiger partial charge on any atom is 0.234 e. The lowest BCUT2D eigenvalue weighted by molar-refractivity contribution is -0.120. The van der Waals surface area contributed by atoms with Crippen molar-refractivity contribution in [1.82, 2.24) is 5.32 Å². The summed E-state index contributed by atoms with van der Waals surface area (Å²) in [6, 6.07) is 7.59. The number of rotatable bonds is 7. The van der Waals surface area contributed by atoms with Crippen molar-refractivity contribution in [2.24, 2.45) is 5.73 Å². The summed E-state index contributed by atoms with van der Waals surface area (Å²) in [5.41, 5.74) is 7.22. The molecule has 0 bridgehead atoms. The highest BCUT2D eigenvalue weighted by molar-refractivity contribution is 8.01. The number of carbonyl (C=O) groups is 2. The van der Waals surface area contributed by atoms with Crippen LogP contribution in [-0.4, -0.2) is 35.9 Å². The Kier molecular flexibility index (Phi) is 9.86. The van der Waals surface area contributed by atoms with Crippen molar-refractivity contribution < 1.29 is 9.59 Å². The van der Waals surface area contributed by atoms with E-state index in [2.05, 4.69) is 10.6 Å². The SMILES string of the molecule is Cc1ccc(NC(=O)CSC(C)C(=O)NCCN)cc1.Cl. The molecule has 0 saturated heterocycles. The Bertz CT molecular complexity index is 454. The molecule has 0 aromatic heterocycles. The van der Waals surface area contributed by atoms with Gasteiger partial charge in [-0.25, -0.2) is 0 Å². The minimum atomic E-state index is -0.273. The summed E-state index contributed by atoms with van der Waals surface area (Å²) in [6.45, 7) is 4.63. The van der Waals surface area contributed by atoms with Crippen LogP contribution in [0, 0.1) is 6.92 Å². The third-order valence-corrected chi connectivity index (χ3v) is 3.76. The molecular formula is C14H22ClN3O2S. The Morgan fingerprint density at radius 3 is 2.48 bits per heavy atom. The average molecular weight is 332 g/mol. The molecule has 0 spiro atoms. The number of aryl methyl sites for hydroxylation is 1. The van der Waals surface area contributed by atoms with E-state index in [0.29, 0.717) is 13.1 Å². The van der Waals surface area contributed by atoms with Crippen molar-refractivity contribution in [1.29, 1.82) is 0 Å². The van der Waals surface area contributed by atoms with E-state index < -0.39 is 0 Å². The van der Waals surface area contributed by atoms with Crippen molar-refractivity contribution in [3.8, 4) is 0 Å². The fourth-order valence-corrected chi connectivity index (χ4v) is 2.16. The minimum absolute atomic E-state index is 0. The molecule has 2 amide bonds. The van der Waals surface area contributed by atoms with Gasteiger partial charge < -0.3 is 16.4 Å². The van der Waals surface area contributed by atoms with Gasteiger partial charge in [-0.15, -0.1) is 24.2 Å². The number of amides is 2. The third-order valence-electron chi connectivity index (χ3n) is 2.61. The second kappa shape index (κ2) is 10.5. The highest BCUT2D eigenvalue weighted by Gasteiger charge is 2.14. The van der Waals surface area contributed by atoms with E-state index in [1.807, 2.05) is 31.2 Å². The Balaban J connectivity index is 0.00000400. The van der Waals surface area contributed by atoms with Crippen LogP contribution in [0.3, 0.4) is 0 Å². The first-order chi connectivity index (χ1) is 9.52. The monoisotopic (exact) mass is 331 g/mol. The van der Waals surface area contributed by atoms with Crippen LogP contribution in [0.2, 0.25) is 0 Å². The first kappa shape index (κ1) is 19.8. The maximum atomic E-state index is 11.8. The Labute approximate surface area is 135 Å². The van der Waals surface area contributed by atoms with Gasteiger partial charge in [-0.05, 0) is 26.0 Å². The minimum Gasteiger partial charge on any atom is -0.354 e. The number of hydrogen-bond acceptors (Lipinski definition) is 4. The van der Waals surface area contributed by atoms with Gasteiger partial charge in [-0.3, -0.25) is 9.59 Å². The number of benzene rings is 1. The van der Waals surface area contributed by atoms with Gasteiger partial charge in [-0.2, -0.15) is 0 Å². The first-order valence-electron chi connectivity index (χ1n) is 6.49. The molecule has 21 heavy (non-hydrogen) atoms. The van der Waals surface area contributed by atoms with Crippen molar-refractivity contribution in [2.75, 3.05) is 24.2 Å². The van der Waals surface area contributed by atoms with Crippen LogP contribution in [0.1, 0.15) is 12.5 Å². The summed E-state index contributed by atoms with van der Waals surface area (Å²) in [5.74, 6) is 0.0337. The van der Waals surface area contributed by atoms with Crippen LogP contribution in [0.25, 0.3) is 0 Å². The van der Waals surface area contributed by atoms with Gasteiger partial charge >= 0.3 is 0 Å². The van der Waals surface area contributed by atoms with Crippen molar-refractivity contribution >= 4 is 41.7 Å². The van der Waals surface area contributed by atoms with Crippen LogP contribution in [0.4, 0.5) is 5.69 Å². The number of carbonyl (C=O) groups excluding carboxylic acids is 2. The van der Waals surface area contributed by atoms with Gasteiger partial charge in [-0.1, -0.05) is 17.7 Å². The summed E-state index contributed by atoms with van der Waals surface area (Å²) in [7, 11) is 0. The molecule has 0 aliphatic carbocycles. The van der Waals surface area contributed by atoms with Crippen LogP contribution in [0.5, 0.6) is 0 Å². The number of nitrogens with two attached hydrogens (primary N) is 1. The van der Waals surface area contributed by atoms with Crippen LogP contribution in [-0.2, 0) is 9.59 Å². The molecule has 7 heteroatoms. The zero-order valence-corrected chi connectivity index (χ0v) is 13.9. The first-order valence-corrected chi connectivity index (χ1v) is 7.53. The van der Waals surface area contributed by atoms with Gasteiger partial charge in [0.05, 0.1) is 11.0 Å². The number of halogens is 1. The van der Waals surface area contributed by atoms with E-state index in [4.69, 9.17) is 5.73 Å². The zero-order chi connectivity index (χ0) is 15.0. The van der Waals surface area contributed by atoms with Crippen LogP contribution < -0.4 is 16.4 Å². The molecule has 118 valence electrons. The molecule has 1 rings (SSSR count). The summed E-state index contributed by atoms with van der Waals surface area (Å²) in [4.78, 5) is 23.3. The lowest BCUT2D eigenvalue weighted by Gasteiger charge is -2.11. The van der Waals surface area contributed by atoms with Crippen molar-refractivity contribution in [3.05, 3.63) is 29.8 Å². The van der Waals surface area contributed by atoms with Gasteiger partial charge in [0.15, 0.2) is 0 Å². The Hall–Kier alpha value is -1.24. The lowest BCUT2D eigenvalue weighted by Crippen LogP contribution is -2.35. The van der Waals surface area contributed by atoms with E-state index in [0.717, 1.165) is 11.3 Å². The molecule has 0 aliphatic heterocycles. The lowest BCUT2D eigenvalue weighted by atomic mass is 10.2. The highest BCUT2D eigenvalue weighted by atomic mass is 35.5. The quantitative estimate of drug-likeness (QED) is 0.708. The highest BCUT2D eigenvalue weighted by Crippen LogP contribution is 2.13. The van der Waals surface area contributed by atoms with Crippen molar-refractivity contribution in [2.45, 2.75) is 19.1 Å². The molecule has 5 nitrogen and oxygen atoms in total. The molecule has 4 N–H and O–H groups in total. The molecule has 0 radical (unpaired) electrons. The second-order valence-electron chi connectivity index (χ2n) is 4.45. The Morgan fingerprint density at radius 2 is 1.90 bits per heavy atom. The summed E-state index contributed by atoms with van der Waals surface area (Å²) < 4.78 is 0.